The first-order valence-corrected chi connectivity index (χ1v) is 6.26. The molecule has 1 saturated heterocycles. The molecule has 1 rings (SSSR count). The van der Waals surface area contributed by atoms with Crippen molar-refractivity contribution in [1.82, 2.24) is 4.90 Å². The molecule has 3 N–H and O–H groups in total. The second-order valence-corrected chi connectivity index (χ2v) is 4.99. The van der Waals surface area contributed by atoms with E-state index in [9.17, 15) is 4.79 Å². The normalized spacial score (nSPS) is 24.8. The number of rotatable bonds is 4. The summed E-state index contributed by atoms with van der Waals surface area (Å²) >= 11 is 0. The van der Waals surface area contributed by atoms with Gasteiger partial charge in [0.1, 0.15) is 5.41 Å². The van der Waals surface area contributed by atoms with E-state index in [0.717, 1.165) is 25.9 Å². The molecule has 17 heavy (non-hydrogen) atoms. The van der Waals surface area contributed by atoms with Gasteiger partial charge in [0.05, 0.1) is 0 Å². The van der Waals surface area contributed by atoms with E-state index in [4.69, 9.17) is 10.9 Å². The molecule has 0 aromatic carbocycles. The van der Waals surface area contributed by atoms with Crippen LogP contribution in [-0.2, 0) is 4.79 Å². The lowest BCUT2D eigenvalue weighted by Crippen LogP contribution is -2.48. The van der Waals surface area contributed by atoms with Crippen LogP contribution in [0.2, 0.25) is 0 Å². The van der Waals surface area contributed by atoms with Gasteiger partial charge in [-0.15, -0.1) is 0 Å². The highest BCUT2D eigenvalue weighted by Crippen LogP contribution is 2.29. The summed E-state index contributed by atoms with van der Waals surface area (Å²) in [5, 5.41) is 11.8. The number of hydrogen-bond donors (Lipinski definition) is 2. The maximum atomic E-state index is 12.4. The maximum absolute atomic E-state index is 12.4. The monoisotopic (exact) mass is 241 g/mol. The predicted octanol–water partition coefficient (Wildman–Crippen LogP) is 1.41. The first kappa shape index (κ1) is 13.8. The van der Waals surface area contributed by atoms with E-state index < -0.39 is 5.41 Å². The van der Waals surface area contributed by atoms with Gasteiger partial charge in [-0.2, -0.15) is 0 Å². The van der Waals surface area contributed by atoms with Crippen molar-refractivity contribution in [1.29, 1.82) is 0 Å². The number of nitrogens with two attached hydrogens (primary N) is 1. The third-order valence-electron chi connectivity index (χ3n) is 4.00. The fourth-order valence-electron chi connectivity index (χ4n) is 2.25. The Morgan fingerprint density at radius 1 is 1.59 bits per heavy atom. The first-order chi connectivity index (χ1) is 7.99. The van der Waals surface area contributed by atoms with E-state index in [2.05, 4.69) is 12.1 Å². The number of carbonyl (C=O) groups is 1. The molecule has 0 bridgehead atoms. The minimum Gasteiger partial charge on any atom is -0.409 e. The maximum Gasteiger partial charge on any atom is 0.236 e. The van der Waals surface area contributed by atoms with Crippen molar-refractivity contribution < 1.29 is 10.0 Å². The molecule has 0 aromatic rings. The summed E-state index contributed by atoms with van der Waals surface area (Å²) in [4.78, 5) is 14.3. The van der Waals surface area contributed by atoms with Crippen LogP contribution < -0.4 is 5.73 Å². The zero-order chi connectivity index (χ0) is 13.1. The molecule has 98 valence electrons. The Bertz CT molecular complexity index is 317. The molecule has 5 nitrogen and oxygen atoms in total. The van der Waals surface area contributed by atoms with E-state index in [0.29, 0.717) is 12.3 Å². The number of amidine groups is 1. The van der Waals surface area contributed by atoms with Gasteiger partial charge in [-0.3, -0.25) is 4.79 Å². The molecule has 1 fully saturated rings. The van der Waals surface area contributed by atoms with Crippen LogP contribution in [0.5, 0.6) is 0 Å². The Hall–Kier alpha value is -1.26. The largest absolute Gasteiger partial charge is 0.409 e. The Balaban J connectivity index is 2.81. The molecule has 0 aliphatic carbocycles. The Morgan fingerprint density at radius 2 is 2.24 bits per heavy atom. The minimum atomic E-state index is -0.878. The molecule has 5 heteroatoms. The zero-order valence-electron chi connectivity index (χ0n) is 10.9. The van der Waals surface area contributed by atoms with Gasteiger partial charge in [-0.05, 0) is 25.7 Å². The van der Waals surface area contributed by atoms with Crippen LogP contribution in [0, 0.1) is 11.3 Å². The van der Waals surface area contributed by atoms with Gasteiger partial charge in [0.2, 0.25) is 5.91 Å². The summed E-state index contributed by atoms with van der Waals surface area (Å²) in [7, 11) is 0. The molecule has 0 spiro atoms. The number of oxime groups is 1. The van der Waals surface area contributed by atoms with Crippen molar-refractivity contribution in [3.63, 3.8) is 0 Å². The topological polar surface area (TPSA) is 78.9 Å². The molecule has 0 saturated carbocycles. The molecule has 1 aliphatic heterocycles. The number of amides is 1. The molecule has 0 aromatic heterocycles. The van der Waals surface area contributed by atoms with Crippen LogP contribution in [0.4, 0.5) is 0 Å². The second-order valence-electron chi connectivity index (χ2n) is 4.99. The third kappa shape index (κ3) is 2.53. The highest BCUT2D eigenvalue weighted by molar-refractivity contribution is 6.06. The zero-order valence-corrected chi connectivity index (χ0v) is 10.9. The van der Waals surface area contributed by atoms with Gasteiger partial charge < -0.3 is 15.8 Å². The number of nitrogens with zero attached hydrogens (tertiary/aromatic N) is 2. The lowest BCUT2D eigenvalue weighted by Gasteiger charge is -2.30. The fraction of sp³-hybridized carbons (Fsp3) is 0.833. The van der Waals surface area contributed by atoms with Crippen molar-refractivity contribution in [3.05, 3.63) is 0 Å². The van der Waals surface area contributed by atoms with Gasteiger partial charge in [0, 0.05) is 13.1 Å². The van der Waals surface area contributed by atoms with E-state index in [1.807, 2.05) is 11.8 Å². The number of hydrogen-bond acceptors (Lipinski definition) is 3. The van der Waals surface area contributed by atoms with Gasteiger partial charge in [-0.25, -0.2) is 0 Å². The summed E-state index contributed by atoms with van der Waals surface area (Å²) in [6.07, 6.45) is 2.68. The molecule has 1 aliphatic rings. The van der Waals surface area contributed by atoms with Crippen LogP contribution in [0.15, 0.2) is 5.16 Å². The van der Waals surface area contributed by atoms with Crippen LogP contribution >= 0.6 is 0 Å². The molecule has 1 heterocycles. The minimum absolute atomic E-state index is 0.00458. The third-order valence-corrected chi connectivity index (χ3v) is 4.00. The Morgan fingerprint density at radius 3 is 2.65 bits per heavy atom. The van der Waals surface area contributed by atoms with Gasteiger partial charge in [0.15, 0.2) is 5.84 Å². The Kier molecular flexibility index (Phi) is 4.37. The number of likely N-dealkylation sites (tertiary alicyclic amines) is 1. The summed E-state index contributed by atoms with van der Waals surface area (Å²) < 4.78 is 0. The van der Waals surface area contributed by atoms with Gasteiger partial charge in [0.25, 0.3) is 0 Å². The van der Waals surface area contributed by atoms with Crippen molar-refractivity contribution >= 4 is 11.7 Å². The average Bonchev–Trinajstić information content (AvgIpc) is 2.84. The van der Waals surface area contributed by atoms with Crippen LogP contribution in [0.1, 0.15) is 40.0 Å². The average molecular weight is 241 g/mol. The lowest BCUT2D eigenvalue weighted by molar-refractivity contribution is -0.137. The van der Waals surface area contributed by atoms with E-state index in [1.54, 1.807) is 6.92 Å². The molecular weight excluding hydrogens is 218 g/mol. The van der Waals surface area contributed by atoms with Crippen molar-refractivity contribution in [2.24, 2.45) is 22.2 Å². The van der Waals surface area contributed by atoms with Gasteiger partial charge >= 0.3 is 0 Å². The van der Waals surface area contributed by atoms with E-state index >= 15 is 0 Å². The highest BCUT2D eigenvalue weighted by Gasteiger charge is 2.41. The highest BCUT2D eigenvalue weighted by atomic mass is 16.4. The first-order valence-electron chi connectivity index (χ1n) is 6.26. The van der Waals surface area contributed by atoms with Crippen LogP contribution in [0.25, 0.3) is 0 Å². The molecule has 2 unspecified atom stereocenters. The number of carbonyl (C=O) groups excluding carboxylic acids is 1. The van der Waals surface area contributed by atoms with Crippen molar-refractivity contribution in [3.8, 4) is 0 Å². The predicted molar refractivity (Wildman–Crippen MR) is 66.8 cm³/mol. The van der Waals surface area contributed by atoms with Crippen LogP contribution in [-0.4, -0.2) is 34.9 Å². The molecule has 1 amide bonds. The van der Waals surface area contributed by atoms with Crippen LogP contribution in [0.3, 0.4) is 0 Å². The van der Waals surface area contributed by atoms with Crippen molar-refractivity contribution in [2.45, 2.75) is 40.0 Å². The summed E-state index contributed by atoms with van der Waals surface area (Å²) in [5.41, 5.74) is 4.77. The van der Waals surface area contributed by atoms with E-state index in [-0.39, 0.29) is 11.7 Å². The SMILES string of the molecule is CCC1CCN(C(=O)C(C)(CC)C(N)=NO)C1. The van der Waals surface area contributed by atoms with Crippen molar-refractivity contribution in [2.75, 3.05) is 13.1 Å². The molecule has 2 atom stereocenters. The molecule has 0 radical (unpaired) electrons. The molecular formula is C12H23N3O2. The summed E-state index contributed by atoms with van der Waals surface area (Å²) in [6, 6.07) is 0. The quantitative estimate of drug-likeness (QED) is 0.338. The lowest BCUT2D eigenvalue weighted by atomic mass is 9.84. The summed E-state index contributed by atoms with van der Waals surface area (Å²) in [5.74, 6) is 0.573. The standard InChI is InChI=1S/C12H23N3O2/c1-4-9-6-7-15(8-9)11(16)12(3,5-2)10(13)14-17/h9,17H,4-8H2,1-3H3,(H2,13,14). The fourth-order valence-corrected chi connectivity index (χ4v) is 2.25. The van der Waals surface area contributed by atoms with Gasteiger partial charge in [-0.1, -0.05) is 25.4 Å². The summed E-state index contributed by atoms with van der Waals surface area (Å²) in [6.45, 7) is 7.34. The van der Waals surface area contributed by atoms with E-state index in [1.165, 1.54) is 0 Å². The smallest absolute Gasteiger partial charge is 0.236 e. The second kappa shape index (κ2) is 5.38. The Labute approximate surface area is 103 Å².